The Kier molecular flexibility index (Phi) is 7.65. The number of hydrogen-bond acceptors (Lipinski definition) is 5. The Bertz CT molecular complexity index is 1060. The normalized spacial score (nSPS) is 10.8. The van der Waals surface area contributed by atoms with Crippen LogP contribution in [0.5, 0.6) is 11.5 Å². The maximum atomic E-state index is 10.6. The van der Waals surface area contributed by atoms with E-state index in [9.17, 15) is 4.79 Å². The van der Waals surface area contributed by atoms with E-state index in [4.69, 9.17) is 19.4 Å². The van der Waals surface area contributed by atoms with Crippen molar-refractivity contribution in [1.82, 2.24) is 0 Å². The summed E-state index contributed by atoms with van der Waals surface area (Å²) in [6, 6.07) is 21.6. The number of rotatable bonds is 10. The minimum atomic E-state index is -1.09. The standard InChI is InChI=1S/C25H25NO5/c1-18-5-3-7-20(11-18)15-29-23-10-9-22(14-26-31-17-25(27)28)24(13-23)30-16-21-8-4-6-19(2)12-21/h3-14H,15-17H2,1-2H3,(H,27,28)/b26-14+. The lowest BCUT2D eigenvalue weighted by molar-refractivity contribution is -0.142. The molecule has 160 valence electrons. The summed E-state index contributed by atoms with van der Waals surface area (Å²) in [5.41, 5.74) is 5.10. The number of carboxylic acid groups (broad SMARTS) is 1. The van der Waals surface area contributed by atoms with Gasteiger partial charge in [-0.3, -0.25) is 0 Å². The molecule has 0 fully saturated rings. The third-order valence-corrected chi connectivity index (χ3v) is 4.40. The first-order chi connectivity index (χ1) is 15.0. The third kappa shape index (κ3) is 7.19. The molecule has 0 saturated heterocycles. The van der Waals surface area contributed by atoms with Gasteiger partial charge in [0.05, 0.1) is 6.21 Å². The molecule has 0 saturated carbocycles. The second kappa shape index (κ2) is 10.8. The van der Waals surface area contributed by atoms with E-state index in [0.717, 1.165) is 16.7 Å². The van der Waals surface area contributed by atoms with Crippen LogP contribution in [0.2, 0.25) is 0 Å². The fourth-order valence-electron chi connectivity index (χ4n) is 2.95. The van der Waals surface area contributed by atoms with Gasteiger partial charge in [0.2, 0.25) is 6.61 Å². The van der Waals surface area contributed by atoms with E-state index < -0.39 is 12.6 Å². The SMILES string of the molecule is Cc1cccc(COc2ccc(/C=N/OCC(=O)O)c(OCc3cccc(C)c3)c2)c1. The number of nitrogens with zero attached hydrogens (tertiary/aromatic N) is 1. The van der Waals surface area contributed by atoms with Crippen LogP contribution in [0.1, 0.15) is 27.8 Å². The molecule has 0 aliphatic rings. The molecule has 0 spiro atoms. The maximum absolute atomic E-state index is 10.6. The van der Waals surface area contributed by atoms with Crippen molar-refractivity contribution in [2.45, 2.75) is 27.1 Å². The van der Waals surface area contributed by atoms with E-state index in [1.54, 1.807) is 12.1 Å². The van der Waals surface area contributed by atoms with Gasteiger partial charge < -0.3 is 19.4 Å². The van der Waals surface area contributed by atoms with Gasteiger partial charge in [0, 0.05) is 11.6 Å². The molecule has 6 nitrogen and oxygen atoms in total. The quantitative estimate of drug-likeness (QED) is 0.374. The van der Waals surface area contributed by atoms with Crippen LogP contribution in [0.25, 0.3) is 0 Å². The molecule has 0 atom stereocenters. The predicted octanol–water partition coefficient (Wildman–Crippen LogP) is 4.90. The van der Waals surface area contributed by atoms with Crippen LogP contribution in [-0.2, 0) is 22.8 Å². The lowest BCUT2D eigenvalue weighted by Crippen LogP contribution is -2.04. The van der Waals surface area contributed by atoms with E-state index in [2.05, 4.69) is 17.3 Å². The zero-order chi connectivity index (χ0) is 22.1. The summed E-state index contributed by atoms with van der Waals surface area (Å²) in [4.78, 5) is 15.3. The number of aryl methyl sites for hydroxylation is 2. The molecule has 0 unspecified atom stereocenters. The molecule has 0 bridgehead atoms. The van der Waals surface area contributed by atoms with Crippen LogP contribution >= 0.6 is 0 Å². The molecule has 0 aliphatic heterocycles. The largest absolute Gasteiger partial charge is 0.489 e. The van der Waals surface area contributed by atoms with Crippen molar-refractivity contribution >= 4 is 12.2 Å². The summed E-state index contributed by atoms with van der Waals surface area (Å²) in [6.07, 6.45) is 1.43. The van der Waals surface area contributed by atoms with Gasteiger partial charge in [-0.2, -0.15) is 0 Å². The Hall–Kier alpha value is -3.80. The Morgan fingerprint density at radius 1 is 0.903 bits per heavy atom. The van der Waals surface area contributed by atoms with Crippen LogP contribution in [0.4, 0.5) is 0 Å². The second-order valence-corrected chi connectivity index (χ2v) is 7.16. The van der Waals surface area contributed by atoms with Crippen molar-refractivity contribution in [3.8, 4) is 11.5 Å². The van der Waals surface area contributed by atoms with Crippen LogP contribution < -0.4 is 9.47 Å². The lowest BCUT2D eigenvalue weighted by Gasteiger charge is -2.13. The summed E-state index contributed by atoms with van der Waals surface area (Å²) in [5.74, 6) is 0.128. The topological polar surface area (TPSA) is 77.4 Å². The van der Waals surface area contributed by atoms with Crippen molar-refractivity contribution in [2.75, 3.05) is 6.61 Å². The molecule has 6 heteroatoms. The number of aliphatic carboxylic acids is 1. The number of benzene rings is 3. The summed E-state index contributed by atoms with van der Waals surface area (Å²) < 4.78 is 12.0. The van der Waals surface area contributed by atoms with Crippen molar-refractivity contribution in [3.05, 3.63) is 94.5 Å². The maximum Gasteiger partial charge on any atom is 0.344 e. The van der Waals surface area contributed by atoms with E-state index in [1.165, 1.54) is 11.8 Å². The number of oxime groups is 1. The minimum Gasteiger partial charge on any atom is -0.489 e. The Morgan fingerprint density at radius 2 is 1.55 bits per heavy atom. The number of hydrogen-bond donors (Lipinski definition) is 1. The van der Waals surface area contributed by atoms with Crippen molar-refractivity contribution in [3.63, 3.8) is 0 Å². The molecule has 1 N–H and O–H groups in total. The van der Waals surface area contributed by atoms with Crippen molar-refractivity contribution in [2.24, 2.45) is 5.16 Å². The van der Waals surface area contributed by atoms with Gasteiger partial charge in [-0.05, 0) is 37.1 Å². The summed E-state index contributed by atoms with van der Waals surface area (Å²) in [5, 5.41) is 12.4. The lowest BCUT2D eigenvalue weighted by atomic mass is 10.1. The molecule has 0 aliphatic carbocycles. The van der Waals surface area contributed by atoms with E-state index >= 15 is 0 Å². The van der Waals surface area contributed by atoms with Crippen LogP contribution in [0.15, 0.2) is 71.9 Å². The van der Waals surface area contributed by atoms with Gasteiger partial charge in [-0.15, -0.1) is 0 Å². The van der Waals surface area contributed by atoms with Crippen LogP contribution in [-0.4, -0.2) is 23.9 Å². The highest BCUT2D eigenvalue weighted by Gasteiger charge is 2.07. The molecule has 0 radical (unpaired) electrons. The first kappa shape index (κ1) is 21.9. The van der Waals surface area contributed by atoms with Crippen LogP contribution in [0, 0.1) is 13.8 Å². The summed E-state index contributed by atoms with van der Waals surface area (Å²) >= 11 is 0. The Labute approximate surface area is 181 Å². The van der Waals surface area contributed by atoms with Gasteiger partial charge >= 0.3 is 5.97 Å². The van der Waals surface area contributed by atoms with Crippen molar-refractivity contribution in [1.29, 1.82) is 0 Å². The summed E-state index contributed by atoms with van der Waals surface area (Å²) in [6.45, 7) is 4.38. The number of carboxylic acids is 1. The highest BCUT2D eigenvalue weighted by atomic mass is 16.6. The molecule has 31 heavy (non-hydrogen) atoms. The molecule has 3 aromatic carbocycles. The van der Waals surface area contributed by atoms with E-state index in [0.29, 0.717) is 30.3 Å². The highest BCUT2D eigenvalue weighted by molar-refractivity contribution is 5.83. The molecule has 0 aromatic heterocycles. The first-order valence-electron chi connectivity index (χ1n) is 9.87. The highest BCUT2D eigenvalue weighted by Crippen LogP contribution is 2.26. The second-order valence-electron chi connectivity index (χ2n) is 7.16. The van der Waals surface area contributed by atoms with Gasteiger partial charge in [0.25, 0.3) is 0 Å². The third-order valence-electron chi connectivity index (χ3n) is 4.40. The Morgan fingerprint density at radius 3 is 2.16 bits per heavy atom. The van der Waals surface area contributed by atoms with Crippen LogP contribution in [0.3, 0.4) is 0 Å². The molecular weight excluding hydrogens is 394 g/mol. The fourth-order valence-corrected chi connectivity index (χ4v) is 2.95. The zero-order valence-corrected chi connectivity index (χ0v) is 17.6. The molecule has 0 amide bonds. The fraction of sp³-hybridized carbons (Fsp3) is 0.200. The molecule has 3 aromatic rings. The molecule has 0 heterocycles. The smallest absolute Gasteiger partial charge is 0.344 e. The van der Waals surface area contributed by atoms with Crippen molar-refractivity contribution < 1.29 is 24.2 Å². The average molecular weight is 419 g/mol. The first-order valence-corrected chi connectivity index (χ1v) is 9.87. The number of ether oxygens (including phenoxy) is 2. The zero-order valence-electron chi connectivity index (χ0n) is 17.6. The van der Waals surface area contributed by atoms with Gasteiger partial charge in [-0.25, -0.2) is 4.79 Å². The average Bonchev–Trinajstić information content (AvgIpc) is 2.74. The number of carbonyl (C=O) groups is 1. The minimum absolute atomic E-state index is 0.375. The predicted molar refractivity (Wildman–Crippen MR) is 119 cm³/mol. The Balaban J connectivity index is 1.74. The molecule has 3 rings (SSSR count). The molecular formula is C25H25NO5. The summed E-state index contributed by atoms with van der Waals surface area (Å²) in [7, 11) is 0. The van der Waals surface area contributed by atoms with Gasteiger partial charge in [-0.1, -0.05) is 64.8 Å². The monoisotopic (exact) mass is 419 g/mol. The van der Waals surface area contributed by atoms with E-state index in [1.807, 2.05) is 56.3 Å². The van der Waals surface area contributed by atoms with Gasteiger partial charge in [0.1, 0.15) is 24.7 Å². The van der Waals surface area contributed by atoms with E-state index in [-0.39, 0.29) is 0 Å². The van der Waals surface area contributed by atoms with Gasteiger partial charge in [0.15, 0.2) is 0 Å².